The van der Waals surface area contributed by atoms with Crippen molar-refractivity contribution in [3.05, 3.63) is 48.0 Å². The molecule has 0 radical (unpaired) electrons. The van der Waals surface area contributed by atoms with Gasteiger partial charge < -0.3 is 9.47 Å². The van der Waals surface area contributed by atoms with Crippen LogP contribution >= 0.6 is 0 Å². The predicted molar refractivity (Wildman–Crippen MR) is 108 cm³/mol. The molecule has 0 unspecified atom stereocenters. The van der Waals surface area contributed by atoms with Gasteiger partial charge in [0.2, 0.25) is 16.8 Å². The van der Waals surface area contributed by atoms with Crippen molar-refractivity contribution in [2.45, 2.75) is 25.7 Å². The lowest BCUT2D eigenvalue weighted by Crippen LogP contribution is -2.30. The molecule has 1 aromatic heterocycles. The lowest BCUT2D eigenvalue weighted by atomic mass is 10.0. The standard InChI is InChI=1S/C21H22N2O4S/c1-4-23(5-2)28(24,25)16-8-6-15(7-9-16)18-10-14(3)17-11-20-21(27-13-26-20)12-19(17)22-18/h6-12H,4-5,13H2,1-3H3. The van der Waals surface area contributed by atoms with E-state index in [0.29, 0.717) is 23.7 Å². The van der Waals surface area contributed by atoms with Crippen molar-refractivity contribution >= 4 is 20.9 Å². The third-order valence-corrected chi connectivity index (χ3v) is 7.07. The molecule has 2 heterocycles. The van der Waals surface area contributed by atoms with Crippen LogP contribution in [-0.4, -0.2) is 37.6 Å². The van der Waals surface area contributed by atoms with Crippen LogP contribution in [0.5, 0.6) is 11.5 Å². The van der Waals surface area contributed by atoms with Crippen LogP contribution in [0.15, 0.2) is 47.4 Å². The fourth-order valence-corrected chi connectivity index (χ4v) is 4.90. The Balaban J connectivity index is 1.73. The number of aromatic nitrogens is 1. The number of ether oxygens (including phenoxy) is 2. The van der Waals surface area contributed by atoms with Crippen LogP contribution in [0.1, 0.15) is 19.4 Å². The number of fused-ring (bicyclic) bond motifs is 2. The molecular weight excluding hydrogens is 376 g/mol. The summed E-state index contributed by atoms with van der Waals surface area (Å²) in [5.41, 5.74) is 3.54. The maximum atomic E-state index is 12.7. The van der Waals surface area contributed by atoms with Crippen molar-refractivity contribution in [2.75, 3.05) is 19.9 Å². The summed E-state index contributed by atoms with van der Waals surface area (Å²) in [6, 6.07) is 12.7. The van der Waals surface area contributed by atoms with Crippen LogP contribution in [0.25, 0.3) is 22.2 Å². The number of benzene rings is 2. The van der Waals surface area contributed by atoms with Crippen LogP contribution in [0.4, 0.5) is 0 Å². The number of hydrogen-bond acceptors (Lipinski definition) is 5. The largest absolute Gasteiger partial charge is 0.454 e. The van der Waals surface area contributed by atoms with E-state index in [9.17, 15) is 8.42 Å². The molecule has 28 heavy (non-hydrogen) atoms. The molecule has 0 saturated carbocycles. The first kappa shape index (κ1) is 18.7. The molecule has 6 nitrogen and oxygen atoms in total. The molecule has 0 N–H and O–H groups in total. The van der Waals surface area contributed by atoms with Gasteiger partial charge in [-0.3, -0.25) is 0 Å². The first-order chi connectivity index (χ1) is 13.4. The molecule has 0 bridgehead atoms. The molecule has 146 valence electrons. The minimum atomic E-state index is -3.47. The van der Waals surface area contributed by atoms with Gasteiger partial charge in [-0.1, -0.05) is 26.0 Å². The molecule has 1 aliphatic rings. The van der Waals surface area contributed by atoms with E-state index >= 15 is 0 Å². The topological polar surface area (TPSA) is 68.7 Å². The smallest absolute Gasteiger partial charge is 0.243 e. The van der Waals surface area contributed by atoms with E-state index in [1.807, 2.05) is 39.0 Å². The van der Waals surface area contributed by atoms with Crippen LogP contribution in [0.2, 0.25) is 0 Å². The maximum absolute atomic E-state index is 12.7. The molecular formula is C21H22N2O4S. The molecule has 0 amide bonds. The summed E-state index contributed by atoms with van der Waals surface area (Å²) in [6.45, 7) is 6.81. The molecule has 0 atom stereocenters. The normalized spacial score (nSPS) is 13.4. The lowest BCUT2D eigenvalue weighted by molar-refractivity contribution is 0.174. The van der Waals surface area contributed by atoms with Gasteiger partial charge in [-0.2, -0.15) is 4.31 Å². The maximum Gasteiger partial charge on any atom is 0.243 e. The fourth-order valence-electron chi connectivity index (χ4n) is 3.44. The Bertz CT molecular complexity index is 1140. The van der Waals surface area contributed by atoms with Crippen LogP contribution < -0.4 is 9.47 Å². The second kappa shape index (κ2) is 7.07. The minimum Gasteiger partial charge on any atom is -0.454 e. The summed E-state index contributed by atoms with van der Waals surface area (Å²) in [5.74, 6) is 1.42. The van der Waals surface area contributed by atoms with E-state index in [1.165, 1.54) is 4.31 Å². The molecule has 1 aliphatic heterocycles. The van der Waals surface area contributed by atoms with Crippen molar-refractivity contribution < 1.29 is 17.9 Å². The van der Waals surface area contributed by atoms with Gasteiger partial charge in [0.05, 0.1) is 16.1 Å². The SMILES string of the molecule is CCN(CC)S(=O)(=O)c1ccc(-c2cc(C)c3cc4c(cc3n2)OCO4)cc1. The average molecular weight is 398 g/mol. The molecule has 0 fully saturated rings. The van der Waals surface area contributed by atoms with Gasteiger partial charge in [0.15, 0.2) is 11.5 Å². The number of pyridine rings is 1. The molecule has 7 heteroatoms. The second-order valence-electron chi connectivity index (χ2n) is 6.66. The van der Waals surface area contributed by atoms with Gasteiger partial charge in [0.1, 0.15) is 0 Å². The first-order valence-electron chi connectivity index (χ1n) is 9.25. The van der Waals surface area contributed by atoms with Crippen LogP contribution in [-0.2, 0) is 10.0 Å². The van der Waals surface area contributed by atoms with Gasteiger partial charge in [-0.05, 0) is 36.8 Å². The van der Waals surface area contributed by atoms with Gasteiger partial charge >= 0.3 is 0 Å². The van der Waals surface area contributed by atoms with E-state index in [4.69, 9.17) is 14.5 Å². The van der Waals surface area contributed by atoms with E-state index in [1.54, 1.807) is 24.3 Å². The van der Waals surface area contributed by atoms with Crippen molar-refractivity contribution in [1.29, 1.82) is 0 Å². The van der Waals surface area contributed by atoms with Gasteiger partial charge in [0.25, 0.3) is 0 Å². The van der Waals surface area contributed by atoms with Crippen molar-refractivity contribution in [1.82, 2.24) is 9.29 Å². The summed E-state index contributed by atoms with van der Waals surface area (Å²) in [5, 5.41) is 1.01. The summed E-state index contributed by atoms with van der Waals surface area (Å²) in [7, 11) is -3.47. The monoisotopic (exact) mass is 398 g/mol. The van der Waals surface area contributed by atoms with Crippen LogP contribution in [0, 0.1) is 6.92 Å². The number of sulfonamides is 1. The van der Waals surface area contributed by atoms with Crippen molar-refractivity contribution in [2.24, 2.45) is 0 Å². The highest BCUT2D eigenvalue weighted by Gasteiger charge is 2.21. The van der Waals surface area contributed by atoms with Crippen LogP contribution in [0.3, 0.4) is 0 Å². The summed E-state index contributed by atoms with van der Waals surface area (Å²) < 4.78 is 37.7. The zero-order valence-electron chi connectivity index (χ0n) is 16.1. The number of rotatable bonds is 5. The third-order valence-electron chi connectivity index (χ3n) is 5.00. The Morgan fingerprint density at radius 1 is 1.00 bits per heavy atom. The number of hydrogen-bond donors (Lipinski definition) is 0. The summed E-state index contributed by atoms with van der Waals surface area (Å²) in [6.07, 6.45) is 0. The Morgan fingerprint density at radius 3 is 2.29 bits per heavy atom. The van der Waals surface area contributed by atoms with Gasteiger partial charge in [0, 0.05) is 30.1 Å². The quantitative estimate of drug-likeness (QED) is 0.650. The zero-order chi connectivity index (χ0) is 19.9. The second-order valence-corrected chi connectivity index (χ2v) is 8.60. The van der Waals surface area contributed by atoms with E-state index < -0.39 is 10.0 Å². The number of aryl methyl sites for hydroxylation is 1. The molecule has 0 aliphatic carbocycles. The van der Waals surface area contributed by atoms with E-state index in [-0.39, 0.29) is 6.79 Å². The summed E-state index contributed by atoms with van der Waals surface area (Å²) >= 11 is 0. The highest BCUT2D eigenvalue weighted by atomic mass is 32.2. The molecule has 3 aromatic rings. The molecule has 0 spiro atoms. The highest BCUT2D eigenvalue weighted by Crippen LogP contribution is 2.37. The molecule has 0 saturated heterocycles. The predicted octanol–water partition coefficient (Wildman–Crippen LogP) is 3.97. The van der Waals surface area contributed by atoms with E-state index in [0.717, 1.165) is 33.5 Å². The zero-order valence-corrected chi connectivity index (χ0v) is 16.9. The fraction of sp³-hybridized carbons (Fsp3) is 0.286. The number of nitrogens with zero attached hydrogens (tertiary/aromatic N) is 2. The van der Waals surface area contributed by atoms with Crippen molar-refractivity contribution in [3.8, 4) is 22.8 Å². The Morgan fingerprint density at radius 2 is 1.64 bits per heavy atom. The van der Waals surface area contributed by atoms with Gasteiger partial charge in [-0.25, -0.2) is 13.4 Å². The average Bonchev–Trinajstić information content (AvgIpc) is 3.15. The summed E-state index contributed by atoms with van der Waals surface area (Å²) in [4.78, 5) is 5.04. The molecule has 4 rings (SSSR count). The Kier molecular flexibility index (Phi) is 4.72. The first-order valence-corrected chi connectivity index (χ1v) is 10.7. The highest BCUT2D eigenvalue weighted by molar-refractivity contribution is 7.89. The Labute approximate surface area is 164 Å². The third kappa shape index (κ3) is 3.10. The van der Waals surface area contributed by atoms with E-state index in [2.05, 4.69) is 0 Å². The minimum absolute atomic E-state index is 0.222. The Hall–Kier alpha value is -2.64. The molecule has 2 aromatic carbocycles. The van der Waals surface area contributed by atoms with Gasteiger partial charge in [-0.15, -0.1) is 0 Å². The lowest BCUT2D eigenvalue weighted by Gasteiger charge is -2.18. The van der Waals surface area contributed by atoms with Crippen molar-refractivity contribution in [3.63, 3.8) is 0 Å².